The fourth-order valence-corrected chi connectivity index (χ4v) is 4.14. The Kier molecular flexibility index (Phi) is 6.61. The van der Waals surface area contributed by atoms with Crippen molar-refractivity contribution in [1.82, 2.24) is 15.1 Å². The van der Waals surface area contributed by atoms with Crippen LogP contribution in [0.5, 0.6) is 5.75 Å². The molecule has 32 heavy (non-hydrogen) atoms. The summed E-state index contributed by atoms with van der Waals surface area (Å²) in [5.74, 6) is 0.647. The van der Waals surface area contributed by atoms with Gasteiger partial charge in [0.25, 0.3) is 5.91 Å². The largest absolute Gasteiger partial charge is 0.508 e. The SMILES string of the molecule is Cc1cc(C(=O)Nc2ccc3c(c2)CCNC3)nn1Cc1cc(O)ccc1CCC(C)C. The topological polar surface area (TPSA) is 79.2 Å². The van der Waals surface area contributed by atoms with Crippen molar-refractivity contribution in [1.29, 1.82) is 0 Å². The van der Waals surface area contributed by atoms with Crippen molar-refractivity contribution in [3.63, 3.8) is 0 Å². The van der Waals surface area contributed by atoms with Gasteiger partial charge in [-0.25, -0.2) is 0 Å². The van der Waals surface area contributed by atoms with Gasteiger partial charge in [-0.1, -0.05) is 26.0 Å². The average molecular weight is 433 g/mol. The number of carbonyl (C=O) groups excluding carboxylic acids is 1. The highest BCUT2D eigenvalue weighted by atomic mass is 16.3. The Hall–Kier alpha value is -3.12. The van der Waals surface area contributed by atoms with Crippen LogP contribution in [-0.4, -0.2) is 27.3 Å². The number of nitrogens with zero attached hydrogens (tertiary/aromatic N) is 2. The normalized spacial score (nSPS) is 13.2. The van der Waals surface area contributed by atoms with Crippen LogP contribution in [0.2, 0.25) is 0 Å². The lowest BCUT2D eigenvalue weighted by Gasteiger charge is -2.17. The van der Waals surface area contributed by atoms with Gasteiger partial charge >= 0.3 is 0 Å². The lowest BCUT2D eigenvalue weighted by molar-refractivity contribution is 0.102. The van der Waals surface area contributed by atoms with Gasteiger partial charge in [0, 0.05) is 17.9 Å². The van der Waals surface area contributed by atoms with Crippen LogP contribution in [0.4, 0.5) is 5.69 Å². The molecule has 0 saturated carbocycles. The highest BCUT2D eigenvalue weighted by Gasteiger charge is 2.16. The summed E-state index contributed by atoms with van der Waals surface area (Å²) in [6.45, 7) is 8.73. The molecular formula is C26H32N4O2. The smallest absolute Gasteiger partial charge is 0.276 e. The van der Waals surface area contributed by atoms with Gasteiger partial charge < -0.3 is 15.7 Å². The van der Waals surface area contributed by atoms with Crippen molar-refractivity contribution in [2.45, 2.75) is 53.1 Å². The number of aromatic nitrogens is 2. The molecule has 6 heteroatoms. The number of benzene rings is 2. The van der Waals surface area contributed by atoms with Crippen molar-refractivity contribution in [3.05, 3.63) is 76.1 Å². The molecule has 3 aromatic rings. The Morgan fingerprint density at radius 3 is 2.81 bits per heavy atom. The van der Waals surface area contributed by atoms with Gasteiger partial charge in [-0.3, -0.25) is 9.48 Å². The molecule has 0 spiro atoms. The van der Waals surface area contributed by atoms with Crippen LogP contribution in [0.15, 0.2) is 42.5 Å². The van der Waals surface area contributed by atoms with Crippen molar-refractivity contribution >= 4 is 11.6 Å². The molecule has 168 valence electrons. The predicted octanol–water partition coefficient (Wildman–Crippen LogP) is 4.43. The molecule has 2 aromatic carbocycles. The summed E-state index contributed by atoms with van der Waals surface area (Å²) >= 11 is 0. The molecule has 0 radical (unpaired) electrons. The lowest BCUT2D eigenvalue weighted by Crippen LogP contribution is -2.23. The predicted molar refractivity (Wildman–Crippen MR) is 127 cm³/mol. The van der Waals surface area contributed by atoms with Crippen molar-refractivity contribution in [2.75, 3.05) is 11.9 Å². The zero-order valence-electron chi connectivity index (χ0n) is 19.1. The number of nitrogens with one attached hydrogen (secondary N) is 2. The number of aromatic hydroxyl groups is 1. The van der Waals surface area contributed by atoms with Crippen molar-refractivity contribution in [3.8, 4) is 5.75 Å². The molecule has 0 bridgehead atoms. The van der Waals surface area contributed by atoms with Gasteiger partial charge in [-0.15, -0.1) is 0 Å². The number of hydrogen-bond acceptors (Lipinski definition) is 4. The molecule has 1 amide bonds. The van der Waals surface area contributed by atoms with Crippen LogP contribution >= 0.6 is 0 Å². The summed E-state index contributed by atoms with van der Waals surface area (Å²) in [5, 5.41) is 20.9. The van der Waals surface area contributed by atoms with Crippen LogP contribution in [-0.2, 0) is 25.9 Å². The highest BCUT2D eigenvalue weighted by Crippen LogP contribution is 2.22. The van der Waals surface area contributed by atoms with Gasteiger partial charge in [0.1, 0.15) is 5.75 Å². The Bertz CT molecular complexity index is 1120. The van der Waals surface area contributed by atoms with E-state index < -0.39 is 0 Å². The second-order valence-electron chi connectivity index (χ2n) is 9.08. The molecule has 4 rings (SSSR count). The molecule has 0 saturated heterocycles. The fourth-order valence-electron chi connectivity index (χ4n) is 4.14. The minimum Gasteiger partial charge on any atom is -0.508 e. The summed E-state index contributed by atoms with van der Waals surface area (Å²) in [6, 6.07) is 13.4. The second-order valence-corrected chi connectivity index (χ2v) is 9.08. The maximum atomic E-state index is 12.9. The van der Waals surface area contributed by atoms with Gasteiger partial charge in [0.2, 0.25) is 0 Å². The molecule has 6 nitrogen and oxygen atoms in total. The molecular weight excluding hydrogens is 400 g/mol. The number of carbonyl (C=O) groups is 1. The minimum absolute atomic E-state index is 0.211. The highest BCUT2D eigenvalue weighted by molar-refractivity contribution is 6.03. The first-order chi connectivity index (χ1) is 15.4. The second kappa shape index (κ2) is 9.57. The van der Waals surface area contributed by atoms with Crippen LogP contribution in [0.3, 0.4) is 0 Å². The first-order valence-electron chi connectivity index (χ1n) is 11.4. The molecule has 0 aliphatic carbocycles. The van der Waals surface area contributed by atoms with Gasteiger partial charge in [0.15, 0.2) is 5.69 Å². The Labute approximate surface area is 189 Å². The van der Waals surface area contributed by atoms with Crippen LogP contribution < -0.4 is 10.6 Å². The third kappa shape index (κ3) is 5.19. The van der Waals surface area contributed by atoms with E-state index in [0.717, 1.165) is 49.3 Å². The summed E-state index contributed by atoms with van der Waals surface area (Å²) in [7, 11) is 0. The third-order valence-corrected chi connectivity index (χ3v) is 6.07. The fraction of sp³-hybridized carbons (Fsp3) is 0.385. The summed E-state index contributed by atoms with van der Waals surface area (Å²) in [4.78, 5) is 12.9. The van der Waals surface area contributed by atoms with Crippen LogP contribution in [0, 0.1) is 12.8 Å². The van der Waals surface area contributed by atoms with Crippen molar-refractivity contribution < 1.29 is 9.90 Å². The Morgan fingerprint density at radius 2 is 2.00 bits per heavy atom. The van der Waals surface area contributed by atoms with Crippen molar-refractivity contribution in [2.24, 2.45) is 5.92 Å². The molecule has 3 N–H and O–H groups in total. The number of fused-ring (bicyclic) bond motifs is 1. The summed E-state index contributed by atoms with van der Waals surface area (Å²) in [6.07, 6.45) is 3.00. The van der Waals surface area contributed by atoms with E-state index in [2.05, 4.69) is 41.7 Å². The van der Waals surface area contributed by atoms with E-state index in [0.29, 0.717) is 18.2 Å². The molecule has 0 atom stereocenters. The van der Waals surface area contributed by atoms with E-state index in [9.17, 15) is 9.90 Å². The van der Waals surface area contributed by atoms with Crippen LogP contribution in [0.1, 0.15) is 58.7 Å². The Morgan fingerprint density at radius 1 is 1.16 bits per heavy atom. The van der Waals surface area contributed by atoms with E-state index in [1.54, 1.807) is 12.1 Å². The van der Waals surface area contributed by atoms with E-state index in [1.165, 1.54) is 16.7 Å². The first-order valence-corrected chi connectivity index (χ1v) is 11.4. The number of amides is 1. The van der Waals surface area contributed by atoms with E-state index >= 15 is 0 Å². The lowest BCUT2D eigenvalue weighted by atomic mass is 9.98. The van der Waals surface area contributed by atoms with E-state index in [1.807, 2.05) is 29.8 Å². The number of aryl methyl sites for hydroxylation is 2. The summed E-state index contributed by atoms with van der Waals surface area (Å²) < 4.78 is 1.83. The molecule has 2 heterocycles. The van der Waals surface area contributed by atoms with E-state index in [4.69, 9.17) is 0 Å². The number of hydrogen-bond donors (Lipinski definition) is 3. The number of anilines is 1. The zero-order chi connectivity index (χ0) is 22.7. The van der Waals surface area contributed by atoms with Gasteiger partial charge in [-0.05, 0) is 91.2 Å². The molecule has 0 fully saturated rings. The van der Waals surface area contributed by atoms with Crippen LogP contribution in [0.25, 0.3) is 0 Å². The quantitative estimate of drug-likeness (QED) is 0.516. The average Bonchev–Trinajstić information content (AvgIpc) is 3.13. The minimum atomic E-state index is -0.211. The Balaban J connectivity index is 1.50. The van der Waals surface area contributed by atoms with E-state index in [-0.39, 0.29) is 11.7 Å². The third-order valence-electron chi connectivity index (χ3n) is 6.07. The maximum absolute atomic E-state index is 12.9. The number of phenols is 1. The molecule has 0 unspecified atom stereocenters. The number of phenolic OH excluding ortho intramolecular Hbond substituents is 1. The standard InChI is InChI=1S/C26H32N4O2/c1-17(2)4-5-19-7-9-24(31)14-22(19)16-30-18(3)12-25(29-30)26(32)28-23-8-6-21-15-27-11-10-20(21)13-23/h6-9,12-14,17,27,31H,4-5,10-11,15-16H2,1-3H3,(H,28,32). The first kappa shape index (κ1) is 22.1. The molecule has 1 aliphatic heterocycles. The molecule has 1 aromatic heterocycles. The zero-order valence-corrected chi connectivity index (χ0v) is 19.1. The summed E-state index contributed by atoms with van der Waals surface area (Å²) in [5.41, 5.74) is 6.91. The van der Waals surface area contributed by atoms with Gasteiger partial charge in [-0.2, -0.15) is 5.10 Å². The maximum Gasteiger partial charge on any atom is 0.276 e. The molecule has 1 aliphatic rings. The van der Waals surface area contributed by atoms with Gasteiger partial charge in [0.05, 0.1) is 6.54 Å². The number of rotatable bonds is 7. The monoisotopic (exact) mass is 432 g/mol.